The van der Waals surface area contributed by atoms with Gasteiger partial charge in [-0.3, -0.25) is 0 Å². The fourth-order valence-corrected chi connectivity index (χ4v) is 10.3. The average Bonchev–Trinajstić information content (AvgIpc) is 3.96. The van der Waals surface area contributed by atoms with E-state index < -0.39 is 0 Å². The number of benzene rings is 8. The van der Waals surface area contributed by atoms with E-state index in [2.05, 4.69) is 196 Å². The largest absolute Gasteiger partial charge is 0.333 e. The van der Waals surface area contributed by atoms with Gasteiger partial charge in [0.2, 0.25) is 0 Å². The molecule has 10 aromatic rings. The van der Waals surface area contributed by atoms with Crippen molar-refractivity contribution in [3.8, 4) is 27.9 Å². The van der Waals surface area contributed by atoms with Crippen LogP contribution in [0.2, 0.25) is 0 Å². The van der Waals surface area contributed by atoms with E-state index in [1.807, 2.05) is 0 Å². The summed E-state index contributed by atoms with van der Waals surface area (Å²) in [6, 6.07) is 63.2. The van der Waals surface area contributed by atoms with Crippen molar-refractivity contribution >= 4 is 77.0 Å². The maximum Gasteiger partial charge on any atom is 0.0634 e. The van der Waals surface area contributed by atoms with Gasteiger partial charge in [0.1, 0.15) is 0 Å². The number of nitrogens with zero attached hydrogens (tertiary/aromatic N) is 3. The van der Waals surface area contributed by atoms with Crippen molar-refractivity contribution in [3.05, 3.63) is 188 Å². The van der Waals surface area contributed by atoms with Crippen molar-refractivity contribution in [1.82, 2.24) is 9.13 Å². The Morgan fingerprint density at radius 2 is 1.02 bits per heavy atom. The van der Waals surface area contributed by atoms with Gasteiger partial charge in [0, 0.05) is 49.9 Å². The number of rotatable bonds is 3. The Morgan fingerprint density at radius 3 is 1.78 bits per heavy atom. The molecule has 0 N–H and O–H groups in total. The first-order valence-electron chi connectivity index (χ1n) is 19.3. The molecular weight excluding hydrogens is 667 g/mol. The van der Waals surface area contributed by atoms with Crippen molar-refractivity contribution in [2.24, 2.45) is 0 Å². The van der Waals surface area contributed by atoms with Gasteiger partial charge in [-0.25, -0.2) is 0 Å². The first-order valence-corrected chi connectivity index (χ1v) is 19.3. The quantitative estimate of drug-likeness (QED) is 0.179. The molecule has 256 valence electrons. The third-order valence-corrected chi connectivity index (χ3v) is 12.5. The molecule has 0 spiro atoms. The van der Waals surface area contributed by atoms with Crippen LogP contribution in [-0.2, 0) is 0 Å². The third kappa shape index (κ3) is 3.89. The third-order valence-electron chi connectivity index (χ3n) is 12.5. The van der Waals surface area contributed by atoms with Gasteiger partial charge in [-0.1, -0.05) is 121 Å². The lowest BCUT2D eigenvalue weighted by atomic mass is 9.94. The second kappa shape index (κ2) is 10.7. The van der Waals surface area contributed by atoms with Crippen LogP contribution in [0.25, 0.3) is 93.6 Å². The van der Waals surface area contributed by atoms with E-state index in [-0.39, 0.29) is 6.04 Å². The van der Waals surface area contributed by atoms with E-state index in [1.54, 1.807) is 0 Å². The molecular formula is C52H33N3. The molecule has 3 nitrogen and oxygen atoms in total. The van der Waals surface area contributed by atoms with Crippen molar-refractivity contribution in [3.63, 3.8) is 0 Å². The molecule has 0 amide bonds. The molecule has 0 bridgehead atoms. The molecule has 1 atom stereocenters. The first-order chi connectivity index (χ1) is 27.3. The maximum atomic E-state index is 2.60. The van der Waals surface area contributed by atoms with Gasteiger partial charge < -0.3 is 14.0 Å². The smallest absolute Gasteiger partial charge is 0.0634 e. The second-order valence-corrected chi connectivity index (χ2v) is 15.2. The molecule has 55 heavy (non-hydrogen) atoms. The second-order valence-electron chi connectivity index (χ2n) is 15.2. The van der Waals surface area contributed by atoms with E-state index >= 15 is 0 Å². The van der Waals surface area contributed by atoms with Gasteiger partial charge in [-0.2, -0.15) is 0 Å². The Labute approximate surface area is 317 Å². The van der Waals surface area contributed by atoms with E-state index in [4.69, 9.17) is 0 Å². The van der Waals surface area contributed by atoms with E-state index in [0.717, 1.165) is 6.42 Å². The van der Waals surface area contributed by atoms with Crippen molar-refractivity contribution in [2.45, 2.75) is 12.5 Å². The highest BCUT2D eigenvalue weighted by molar-refractivity contribution is 6.17. The molecule has 3 heterocycles. The fourth-order valence-electron chi connectivity index (χ4n) is 10.3. The Balaban J connectivity index is 0.967. The molecule has 8 aromatic carbocycles. The van der Waals surface area contributed by atoms with Crippen LogP contribution in [0.15, 0.2) is 182 Å². The molecule has 0 saturated heterocycles. The Bertz CT molecular complexity index is 3320. The predicted molar refractivity (Wildman–Crippen MR) is 231 cm³/mol. The lowest BCUT2D eigenvalue weighted by Gasteiger charge is -2.30. The SMILES string of the molecule is C1=C2c3ccccc3N(c3cc4c5c(cccc5c3)-c3ccccc3-4)C2CC=C1n1c2ccccc2c2cc(-n3c4ccccc4c4ccccc43)ccc21. The molecule has 2 aromatic heterocycles. The summed E-state index contributed by atoms with van der Waals surface area (Å²) < 4.78 is 4.91. The summed E-state index contributed by atoms with van der Waals surface area (Å²) in [5.74, 6) is 0. The van der Waals surface area contributed by atoms with Crippen LogP contribution in [0, 0.1) is 0 Å². The van der Waals surface area contributed by atoms with Gasteiger partial charge in [0.25, 0.3) is 0 Å². The number of hydrogen-bond donors (Lipinski definition) is 0. The molecule has 2 aliphatic carbocycles. The molecule has 0 saturated carbocycles. The predicted octanol–water partition coefficient (Wildman–Crippen LogP) is 13.5. The van der Waals surface area contributed by atoms with Crippen LogP contribution in [0.5, 0.6) is 0 Å². The Morgan fingerprint density at radius 1 is 0.418 bits per heavy atom. The van der Waals surface area contributed by atoms with Crippen molar-refractivity contribution in [2.75, 3.05) is 4.90 Å². The fraction of sp³-hybridized carbons (Fsp3) is 0.0385. The molecule has 0 radical (unpaired) electrons. The summed E-state index contributed by atoms with van der Waals surface area (Å²) in [4.78, 5) is 2.60. The zero-order valence-electron chi connectivity index (χ0n) is 29.9. The molecule has 13 rings (SSSR count). The highest BCUT2D eigenvalue weighted by atomic mass is 15.2. The van der Waals surface area contributed by atoms with Gasteiger partial charge in [-0.15, -0.1) is 0 Å². The summed E-state index contributed by atoms with van der Waals surface area (Å²) in [5.41, 5.74) is 17.9. The van der Waals surface area contributed by atoms with Gasteiger partial charge in [-0.05, 0) is 106 Å². The summed E-state index contributed by atoms with van der Waals surface area (Å²) in [5, 5.41) is 7.76. The summed E-state index contributed by atoms with van der Waals surface area (Å²) in [6.45, 7) is 0. The minimum absolute atomic E-state index is 0.209. The number of para-hydroxylation sites is 4. The monoisotopic (exact) mass is 699 g/mol. The number of allylic oxidation sites excluding steroid dienone is 2. The van der Waals surface area contributed by atoms with Crippen LogP contribution < -0.4 is 4.90 Å². The van der Waals surface area contributed by atoms with Gasteiger partial charge >= 0.3 is 0 Å². The number of hydrogen-bond acceptors (Lipinski definition) is 1. The van der Waals surface area contributed by atoms with E-state index in [1.165, 1.54) is 111 Å². The van der Waals surface area contributed by atoms with Crippen LogP contribution >= 0.6 is 0 Å². The van der Waals surface area contributed by atoms with Crippen LogP contribution in [-0.4, -0.2) is 15.2 Å². The van der Waals surface area contributed by atoms with Crippen LogP contribution in [0.3, 0.4) is 0 Å². The topological polar surface area (TPSA) is 13.1 Å². The zero-order valence-corrected chi connectivity index (χ0v) is 29.9. The minimum Gasteiger partial charge on any atom is -0.333 e. The lowest BCUT2D eigenvalue weighted by Crippen LogP contribution is -2.27. The number of aromatic nitrogens is 2. The van der Waals surface area contributed by atoms with Crippen molar-refractivity contribution in [1.29, 1.82) is 0 Å². The summed E-state index contributed by atoms with van der Waals surface area (Å²) in [7, 11) is 0. The van der Waals surface area contributed by atoms with Gasteiger partial charge in [0.15, 0.2) is 0 Å². The van der Waals surface area contributed by atoms with Gasteiger partial charge in [0.05, 0.1) is 28.1 Å². The normalized spacial score (nSPS) is 15.6. The summed E-state index contributed by atoms with van der Waals surface area (Å²) in [6.07, 6.45) is 5.84. The highest BCUT2D eigenvalue weighted by Crippen LogP contribution is 2.53. The standard InChI is InChI=1S/C52H33N3/c1-2-14-37-36(13-1)42-19-11-12-32-28-35(31-45(37)52(32)42)55-49-23-10-6-18-41(49)44-30-34(25-27-51(44)55)54-48-22-9-5-17-40(48)43-29-33(24-26-50(43)54)53-46-20-7-3-15-38(46)39-16-4-8-21-47(39)53/h1-26,28-31,51H,27H2. The summed E-state index contributed by atoms with van der Waals surface area (Å²) >= 11 is 0. The molecule has 1 aliphatic heterocycles. The number of fused-ring (bicyclic) bond motifs is 12. The van der Waals surface area contributed by atoms with Crippen LogP contribution in [0.1, 0.15) is 12.0 Å². The minimum atomic E-state index is 0.209. The van der Waals surface area contributed by atoms with Crippen LogP contribution in [0.4, 0.5) is 11.4 Å². The molecule has 1 unspecified atom stereocenters. The molecule has 3 heteroatoms. The molecule has 3 aliphatic rings. The van der Waals surface area contributed by atoms with E-state index in [9.17, 15) is 0 Å². The average molecular weight is 700 g/mol. The van der Waals surface area contributed by atoms with Crippen molar-refractivity contribution < 1.29 is 0 Å². The van der Waals surface area contributed by atoms with E-state index in [0.29, 0.717) is 0 Å². The molecule has 0 fully saturated rings. The highest BCUT2D eigenvalue weighted by Gasteiger charge is 2.37. The lowest BCUT2D eigenvalue weighted by molar-refractivity contribution is 0.828. The number of anilines is 2. The Hall–Kier alpha value is -7.10. The first kappa shape index (κ1) is 29.4. The maximum absolute atomic E-state index is 2.60. The zero-order chi connectivity index (χ0) is 35.8. The Kier molecular flexibility index (Phi) is 5.74.